The van der Waals surface area contributed by atoms with Crippen LogP contribution < -0.4 is 10.5 Å². The van der Waals surface area contributed by atoms with Gasteiger partial charge in [-0.1, -0.05) is 12.7 Å². The minimum atomic E-state index is -1.09. The van der Waals surface area contributed by atoms with Gasteiger partial charge in [-0.05, 0) is 0 Å². The molecule has 0 unspecified atom stereocenters. The Morgan fingerprint density at radius 2 is 1.84 bits per heavy atom. The van der Waals surface area contributed by atoms with Gasteiger partial charge in [0.2, 0.25) is 11.8 Å². The highest BCUT2D eigenvalue weighted by Gasteiger charge is 2.51. The molecular weight excluding hydrogens is 426 g/mol. The predicted molar refractivity (Wildman–Crippen MR) is 107 cm³/mol. The molecule has 172 valence electrons. The smallest absolute Gasteiger partial charge is 0.303 e. The lowest BCUT2D eigenvalue weighted by molar-refractivity contribution is -0.166. The molecule has 3 rings (SSSR count). The van der Waals surface area contributed by atoms with Crippen LogP contribution in [-0.2, 0) is 33.3 Å². The first-order valence-corrected chi connectivity index (χ1v) is 9.58. The van der Waals surface area contributed by atoms with Crippen LogP contribution >= 0.6 is 0 Å². The van der Waals surface area contributed by atoms with Crippen molar-refractivity contribution in [1.82, 2.24) is 19.5 Å². The molecule has 0 bridgehead atoms. The van der Waals surface area contributed by atoms with Gasteiger partial charge in [0.05, 0.1) is 6.33 Å². The van der Waals surface area contributed by atoms with Gasteiger partial charge in [-0.15, -0.1) is 0 Å². The third-order valence-electron chi connectivity index (χ3n) is 4.36. The van der Waals surface area contributed by atoms with Gasteiger partial charge in [-0.25, -0.2) is 4.98 Å². The van der Waals surface area contributed by atoms with Gasteiger partial charge in [0.15, 0.2) is 29.6 Å². The summed E-state index contributed by atoms with van der Waals surface area (Å²) in [6, 6.07) is 0. The third kappa shape index (κ3) is 4.94. The summed E-state index contributed by atoms with van der Waals surface area (Å²) in [5, 5.41) is 0. The number of nitrogens with two attached hydrogens (primary N) is 1. The van der Waals surface area contributed by atoms with Crippen LogP contribution in [0.2, 0.25) is 0 Å². The predicted octanol–water partition coefficient (Wildman–Crippen LogP) is 0.297. The Morgan fingerprint density at radius 1 is 1.16 bits per heavy atom. The zero-order chi connectivity index (χ0) is 23.4. The summed E-state index contributed by atoms with van der Waals surface area (Å²) in [6.07, 6.45) is -1.21. The van der Waals surface area contributed by atoms with E-state index in [4.69, 9.17) is 29.4 Å². The van der Waals surface area contributed by atoms with Gasteiger partial charge >= 0.3 is 17.9 Å². The lowest BCUT2D eigenvalue weighted by Crippen LogP contribution is -2.40. The van der Waals surface area contributed by atoms with Crippen LogP contribution in [0.1, 0.15) is 27.0 Å². The molecule has 1 aliphatic heterocycles. The fraction of sp³-hybridized carbons (Fsp3) is 0.474. The average Bonchev–Trinajstić information content (AvgIpc) is 3.25. The molecule has 2 N–H and O–H groups in total. The number of hydrogen-bond donors (Lipinski definition) is 1. The van der Waals surface area contributed by atoms with Crippen molar-refractivity contribution in [2.75, 3.05) is 18.9 Å². The minimum absolute atomic E-state index is 0.0895. The van der Waals surface area contributed by atoms with E-state index in [1.165, 1.54) is 37.7 Å². The fourth-order valence-corrected chi connectivity index (χ4v) is 3.25. The van der Waals surface area contributed by atoms with E-state index in [0.717, 1.165) is 0 Å². The number of nitrogen functional groups attached to an aromatic ring is 1. The number of rotatable bonds is 8. The average molecular weight is 449 g/mol. The molecule has 2 aromatic rings. The van der Waals surface area contributed by atoms with Gasteiger partial charge in [0, 0.05) is 20.8 Å². The number of esters is 3. The van der Waals surface area contributed by atoms with E-state index in [1.54, 1.807) is 0 Å². The van der Waals surface area contributed by atoms with Crippen LogP contribution in [0, 0.1) is 0 Å². The molecule has 0 saturated carbocycles. The van der Waals surface area contributed by atoms with E-state index in [1.807, 2.05) is 0 Å². The number of imidazole rings is 1. The summed E-state index contributed by atoms with van der Waals surface area (Å²) in [6.45, 7) is 7.14. The van der Waals surface area contributed by atoms with Crippen LogP contribution in [0.4, 0.5) is 5.95 Å². The summed E-state index contributed by atoms with van der Waals surface area (Å²) in [7, 11) is 0. The largest absolute Gasteiger partial charge is 0.472 e. The van der Waals surface area contributed by atoms with Crippen molar-refractivity contribution in [1.29, 1.82) is 0 Å². The zero-order valence-corrected chi connectivity index (χ0v) is 17.7. The molecule has 0 radical (unpaired) electrons. The summed E-state index contributed by atoms with van der Waals surface area (Å²) < 4.78 is 28.7. The van der Waals surface area contributed by atoms with E-state index in [2.05, 4.69) is 21.5 Å². The monoisotopic (exact) mass is 449 g/mol. The second kappa shape index (κ2) is 9.60. The molecule has 0 aliphatic carbocycles. The first-order chi connectivity index (χ1) is 15.2. The zero-order valence-electron chi connectivity index (χ0n) is 17.7. The lowest BCUT2D eigenvalue weighted by Gasteiger charge is -2.23. The van der Waals surface area contributed by atoms with Crippen molar-refractivity contribution in [3.63, 3.8) is 0 Å². The van der Waals surface area contributed by atoms with Gasteiger partial charge in [0.1, 0.15) is 19.3 Å². The van der Waals surface area contributed by atoms with Crippen molar-refractivity contribution >= 4 is 35.0 Å². The number of carbonyl (C=O) groups excluding carboxylic acids is 3. The standard InChI is InChI=1S/C19H23N5O8/c1-5-6-28-17-13-16(22-19(20)23-17)24(8-21-13)18-15(31-11(4)27)14(30-10(3)26)12(32-18)7-29-9(2)25/h5,8,12,14-15,18H,1,6-7H2,2-4H3,(H2,20,22,23)/t12-,14-,15-,18-/m1/s1. The molecule has 13 nitrogen and oxygen atoms in total. The Balaban J connectivity index is 2.05. The Labute approximate surface area is 182 Å². The van der Waals surface area contributed by atoms with E-state index in [9.17, 15) is 14.4 Å². The van der Waals surface area contributed by atoms with Crippen LogP contribution in [0.15, 0.2) is 19.0 Å². The second-order valence-electron chi connectivity index (χ2n) is 6.83. The van der Waals surface area contributed by atoms with Crippen molar-refractivity contribution in [2.45, 2.75) is 45.3 Å². The van der Waals surface area contributed by atoms with Crippen LogP contribution in [0.25, 0.3) is 11.2 Å². The summed E-state index contributed by atoms with van der Waals surface area (Å²) in [5.41, 5.74) is 6.32. The first-order valence-electron chi connectivity index (χ1n) is 9.58. The molecule has 13 heteroatoms. The molecule has 32 heavy (non-hydrogen) atoms. The maximum Gasteiger partial charge on any atom is 0.303 e. The van der Waals surface area contributed by atoms with Gasteiger partial charge in [-0.2, -0.15) is 9.97 Å². The summed E-state index contributed by atoms with van der Waals surface area (Å²) in [4.78, 5) is 47.3. The van der Waals surface area contributed by atoms with Gasteiger partial charge in [0.25, 0.3) is 0 Å². The van der Waals surface area contributed by atoms with Crippen molar-refractivity contribution < 1.29 is 38.1 Å². The Morgan fingerprint density at radius 3 is 2.47 bits per heavy atom. The maximum atomic E-state index is 11.8. The Hall–Kier alpha value is -3.74. The second-order valence-corrected chi connectivity index (χ2v) is 6.83. The molecule has 1 aliphatic rings. The molecular formula is C19H23N5O8. The van der Waals surface area contributed by atoms with E-state index in [0.29, 0.717) is 0 Å². The van der Waals surface area contributed by atoms with Crippen molar-refractivity contribution in [3.8, 4) is 5.88 Å². The number of nitrogens with zero attached hydrogens (tertiary/aromatic N) is 4. The number of ether oxygens (including phenoxy) is 5. The fourth-order valence-electron chi connectivity index (χ4n) is 3.25. The SMILES string of the molecule is C=CCOc1nc(N)nc2c1ncn2[C@@H]1O[C@H](COC(C)=O)[C@@H](OC(C)=O)[C@H]1OC(C)=O. The maximum absolute atomic E-state index is 11.8. The van der Waals surface area contributed by atoms with E-state index in [-0.39, 0.29) is 36.2 Å². The number of hydrogen-bond acceptors (Lipinski definition) is 12. The minimum Gasteiger partial charge on any atom is -0.472 e. The molecule has 0 spiro atoms. The van der Waals surface area contributed by atoms with Crippen molar-refractivity contribution in [2.24, 2.45) is 0 Å². The molecule has 3 heterocycles. The topological polar surface area (TPSA) is 167 Å². The normalized spacial score (nSPS) is 22.3. The van der Waals surface area contributed by atoms with E-state index >= 15 is 0 Å². The highest BCUT2D eigenvalue weighted by Crippen LogP contribution is 2.36. The van der Waals surface area contributed by atoms with Crippen molar-refractivity contribution in [3.05, 3.63) is 19.0 Å². The highest BCUT2D eigenvalue weighted by molar-refractivity contribution is 5.77. The number of anilines is 1. The third-order valence-corrected chi connectivity index (χ3v) is 4.36. The Bertz CT molecular complexity index is 1040. The molecule has 2 aromatic heterocycles. The molecule has 0 amide bonds. The van der Waals surface area contributed by atoms with Gasteiger partial charge in [-0.3, -0.25) is 19.0 Å². The number of carbonyl (C=O) groups is 3. The molecule has 0 aromatic carbocycles. The quantitative estimate of drug-likeness (QED) is 0.333. The molecule has 1 fully saturated rings. The molecule has 4 atom stereocenters. The Kier molecular flexibility index (Phi) is 6.88. The van der Waals surface area contributed by atoms with Crippen LogP contribution in [0.5, 0.6) is 5.88 Å². The number of aromatic nitrogens is 4. The van der Waals surface area contributed by atoms with Crippen LogP contribution in [0.3, 0.4) is 0 Å². The van der Waals surface area contributed by atoms with Crippen LogP contribution in [-0.4, -0.2) is 69.0 Å². The lowest BCUT2D eigenvalue weighted by atomic mass is 10.1. The van der Waals surface area contributed by atoms with Gasteiger partial charge < -0.3 is 29.4 Å². The molecule has 1 saturated heterocycles. The highest BCUT2D eigenvalue weighted by atomic mass is 16.7. The summed E-state index contributed by atoms with van der Waals surface area (Å²) in [5.74, 6) is -1.79. The first kappa shape index (κ1) is 22.9. The van der Waals surface area contributed by atoms with E-state index < -0.39 is 42.4 Å². The number of fused-ring (bicyclic) bond motifs is 1. The summed E-state index contributed by atoms with van der Waals surface area (Å²) >= 11 is 0.